The van der Waals surface area contributed by atoms with Crippen LogP contribution in [0.4, 0.5) is 5.13 Å². The van der Waals surface area contributed by atoms with Gasteiger partial charge in [-0.15, -0.1) is 11.3 Å². The fraction of sp³-hybridized carbons (Fsp3) is 0.188. The number of benzene rings is 1. The molecule has 0 spiro atoms. The summed E-state index contributed by atoms with van der Waals surface area (Å²) in [5, 5.41) is 3.63. The van der Waals surface area contributed by atoms with Gasteiger partial charge >= 0.3 is 0 Å². The summed E-state index contributed by atoms with van der Waals surface area (Å²) < 4.78 is 0. The normalized spacial score (nSPS) is 13.9. The number of hydrogen-bond donors (Lipinski definition) is 1. The van der Waals surface area contributed by atoms with Crippen LogP contribution in [0.2, 0.25) is 5.02 Å². The first-order valence-electron chi connectivity index (χ1n) is 7.23. The van der Waals surface area contributed by atoms with Crippen molar-refractivity contribution in [3.05, 3.63) is 62.6 Å². The molecule has 0 aliphatic carbocycles. The maximum Gasteiger partial charge on any atom is 0.254 e. The smallest absolute Gasteiger partial charge is 0.254 e. The van der Waals surface area contributed by atoms with E-state index in [0.29, 0.717) is 18.0 Å². The zero-order chi connectivity index (χ0) is 15.8. The highest BCUT2D eigenvalue weighted by molar-refractivity contribution is 7.14. The summed E-state index contributed by atoms with van der Waals surface area (Å²) in [5.74, 6) is 0. The molecule has 0 amide bonds. The van der Waals surface area contributed by atoms with E-state index in [1.165, 1.54) is 6.33 Å². The number of nitrogens with zero attached hydrogens (tertiary/aromatic N) is 3. The van der Waals surface area contributed by atoms with Gasteiger partial charge in [-0.25, -0.2) is 9.97 Å². The Kier molecular flexibility index (Phi) is 3.63. The fourth-order valence-corrected chi connectivity index (χ4v) is 3.82. The van der Waals surface area contributed by atoms with Gasteiger partial charge in [0.15, 0.2) is 5.13 Å². The lowest BCUT2D eigenvalue weighted by Gasteiger charge is -2.26. The van der Waals surface area contributed by atoms with Crippen molar-refractivity contribution in [3.8, 4) is 11.3 Å². The van der Waals surface area contributed by atoms with Gasteiger partial charge in [-0.3, -0.25) is 4.79 Å². The number of H-pyrrole nitrogens is 1. The number of aromatic amines is 1. The molecule has 0 radical (unpaired) electrons. The van der Waals surface area contributed by atoms with Gasteiger partial charge in [0.2, 0.25) is 0 Å². The van der Waals surface area contributed by atoms with E-state index in [1.54, 1.807) is 11.3 Å². The number of nitrogens with one attached hydrogen (secondary N) is 1. The van der Waals surface area contributed by atoms with Crippen molar-refractivity contribution in [1.82, 2.24) is 15.0 Å². The topological polar surface area (TPSA) is 61.9 Å². The lowest BCUT2D eigenvalue weighted by atomic mass is 10.1. The quantitative estimate of drug-likeness (QED) is 0.776. The van der Waals surface area contributed by atoms with Gasteiger partial charge in [-0.1, -0.05) is 29.8 Å². The summed E-state index contributed by atoms with van der Waals surface area (Å²) in [6.07, 6.45) is 2.14. The molecule has 116 valence electrons. The minimum absolute atomic E-state index is 0.0365. The van der Waals surface area contributed by atoms with Gasteiger partial charge in [0, 0.05) is 28.1 Å². The van der Waals surface area contributed by atoms with E-state index in [2.05, 4.69) is 14.9 Å². The van der Waals surface area contributed by atoms with E-state index in [-0.39, 0.29) is 5.56 Å². The fourth-order valence-electron chi connectivity index (χ4n) is 2.73. The summed E-state index contributed by atoms with van der Waals surface area (Å²) in [6.45, 7) is 1.37. The standard InChI is InChI=1S/C16H13ClN4OS/c17-12-4-2-1-3-10(12)14-8-23-16(20-14)21-6-5-11-13(7-21)18-9-19-15(11)22/h1-4,8-9H,5-7H2,(H,18,19,22). The summed E-state index contributed by atoms with van der Waals surface area (Å²) in [7, 11) is 0. The van der Waals surface area contributed by atoms with E-state index in [9.17, 15) is 4.79 Å². The van der Waals surface area contributed by atoms with Crippen LogP contribution in [-0.4, -0.2) is 21.5 Å². The zero-order valence-electron chi connectivity index (χ0n) is 12.1. The van der Waals surface area contributed by atoms with Gasteiger partial charge in [0.25, 0.3) is 5.56 Å². The van der Waals surface area contributed by atoms with E-state index < -0.39 is 0 Å². The Balaban J connectivity index is 1.64. The average Bonchev–Trinajstić information content (AvgIpc) is 3.05. The van der Waals surface area contributed by atoms with Crippen LogP contribution in [0, 0.1) is 0 Å². The number of aromatic nitrogens is 3. The van der Waals surface area contributed by atoms with Gasteiger partial charge in [-0.2, -0.15) is 0 Å². The SMILES string of the molecule is O=c1[nH]cnc2c1CCN(c1nc(-c3ccccc3Cl)cs1)C2. The molecule has 0 fully saturated rings. The minimum Gasteiger partial charge on any atom is -0.342 e. The zero-order valence-corrected chi connectivity index (χ0v) is 13.7. The number of hydrogen-bond acceptors (Lipinski definition) is 5. The van der Waals surface area contributed by atoms with Gasteiger partial charge < -0.3 is 9.88 Å². The molecule has 4 rings (SSSR count). The molecule has 0 saturated heterocycles. The summed E-state index contributed by atoms with van der Waals surface area (Å²) in [4.78, 5) is 25.6. The van der Waals surface area contributed by atoms with E-state index in [0.717, 1.165) is 34.2 Å². The third-order valence-corrected chi connectivity index (χ3v) is 5.15. The molecule has 0 bridgehead atoms. The predicted molar refractivity (Wildman–Crippen MR) is 92.2 cm³/mol. The minimum atomic E-state index is -0.0365. The largest absolute Gasteiger partial charge is 0.342 e. The number of rotatable bonds is 2. The van der Waals surface area contributed by atoms with E-state index >= 15 is 0 Å². The molecule has 0 atom stereocenters. The van der Waals surface area contributed by atoms with Crippen molar-refractivity contribution < 1.29 is 0 Å². The maximum atomic E-state index is 11.8. The van der Waals surface area contributed by atoms with Crippen LogP contribution in [0.3, 0.4) is 0 Å². The Morgan fingerprint density at radius 3 is 3.04 bits per heavy atom. The molecule has 1 N–H and O–H groups in total. The van der Waals surface area contributed by atoms with Crippen molar-refractivity contribution >= 4 is 28.1 Å². The second kappa shape index (κ2) is 5.79. The molecule has 1 aliphatic heterocycles. The first kappa shape index (κ1) is 14.4. The molecule has 1 aromatic carbocycles. The van der Waals surface area contributed by atoms with Gasteiger partial charge in [0.05, 0.1) is 24.3 Å². The molecular weight excluding hydrogens is 332 g/mol. The third kappa shape index (κ3) is 2.64. The van der Waals surface area contributed by atoms with Crippen LogP contribution >= 0.6 is 22.9 Å². The summed E-state index contributed by atoms with van der Waals surface area (Å²) in [6, 6.07) is 7.69. The summed E-state index contributed by atoms with van der Waals surface area (Å²) >= 11 is 7.82. The monoisotopic (exact) mass is 344 g/mol. The Morgan fingerprint density at radius 2 is 2.17 bits per heavy atom. The van der Waals surface area contributed by atoms with Crippen molar-refractivity contribution in [2.75, 3.05) is 11.4 Å². The van der Waals surface area contributed by atoms with Crippen molar-refractivity contribution in [3.63, 3.8) is 0 Å². The number of thiazole rings is 1. The molecule has 1 aliphatic rings. The van der Waals surface area contributed by atoms with Crippen LogP contribution in [0.15, 0.2) is 40.8 Å². The van der Waals surface area contributed by atoms with Crippen LogP contribution in [0.5, 0.6) is 0 Å². The van der Waals surface area contributed by atoms with Crippen molar-refractivity contribution in [2.24, 2.45) is 0 Å². The van der Waals surface area contributed by atoms with E-state index in [1.807, 2.05) is 29.6 Å². The van der Waals surface area contributed by atoms with Crippen LogP contribution in [0.1, 0.15) is 11.3 Å². The van der Waals surface area contributed by atoms with Crippen molar-refractivity contribution in [1.29, 1.82) is 0 Å². The van der Waals surface area contributed by atoms with Crippen LogP contribution in [-0.2, 0) is 13.0 Å². The first-order valence-corrected chi connectivity index (χ1v) is 8.49. The number of fused-ring (bicyclic) bond motifs is 1. The molecule has 0 unspecified atom stereocenters. The Morgan fingerprint density at radius 1 is 1.30 bits per heavy atom. The highest BCUT2D eigenvalue weighted by atomic mass is 35.5. The number of anilines is 1. The van der Waals surface area contributed by atoms with Gasteiger partial charge in [0.1, 0.15) is 0 Å². The number of halogens is 1. The molecule has 3 aromatic rings. The maximum absolute atomic E-state index is 11.8. The lowest BCUT2D eigenvalue weighted by Crippen LogP contribution is -2.34. The molecule has 0 saturated carbocycles. The molecule has 3 heterocycles. The average molecular weight is 345 g/mol. The predicted octanol–water partition coefficient (Wildman–Crippen LogP) is 3.11. The molecule has 23 heavy (non-hydrogen) atoms. The highest BCUT2D eigenvalue weighted by Crippen LogP contribution is 2.33. The lowest BCUT2D eigenvalue weighted by molar-refractivity contribution is 0.694. The Labute approximate surface area is 141 Å². The molecular formula is C16H13ClN4OS. The summed E-state index contributed by atoms with van der Waals surface area (Å²) in [5.41, 5.74) is 3.38. The van der Waals surface area contributed by atoms with Crippen LogP contribution in [0.25, 0.3) is 11.3 Å². The molecule has 2 aromatic heterocycles. The van der Waals surface area contributed by atoms with Crippen molar-refractivity contribution in [2.45, 2.75) is 13.0 Å². The second-order valence-corrected chi connectivity index (χ2v) is 6.57. The molecule has 5 nitrogen and oxygen atoms in total. The van der Waals surface area contributed by atoms with Gasteiger partial charge in [-0.05, 0) is 12.5 Å². The Bertz CT molecular complexity index is 920. The second-order valence-electron chi connectivity index (χ2n) is 5.32. The molecule has 7 heteroatoms. The Hall–Kier alpha value is -2.18. The van der Waals surface area contributed by atoms with Crippen LogP contribution < -0.4 is 10.5 Å². The first-order chi connectivity index (χ1) is 11.2. The van der Waals surface area contributed by atoms with E-state index in [4.69, 9.17) is 16.6 Å². The highest BCUT2D eigenvalue weighted by Gasteiger charge is 2.22. The third-order valence-electron chi connectivity index (χ3n) is 3.92.